The van der Waals surface area contributed by atoms with Gasteiger partial charge in [-0.05, 0) is 62.8 Å². The van der Waals surface area contributed by atoms with Crippen molar-refractivity contribution >= 4 is 5.95 Å². The number of likely N-dealkylation sites (tertiary alicyclic amines) is 1. The van der Waals surface area contributed by atoms with Gasteiger partial charge in [-0.15, -0.1) is 0 Å². The second-order valence-electron chi connectivity index (χ2n) is 6.98. The minimum absolute atomic E-state index is 0.582. The molecule has 0 unspecified atom stereocenters. The smallest absolute Gasteiger partial charge is 0.222 e. The van der Waals surface area contributed by atoms with Crippen molar-refractivity contribution in [3.8, 4) is 0 Å². The highest BCUT2D eigenvalue weighted by molar-refractivity contribution is 5.24. The lowest BCUT2D eigenvalue weighted by atomic mass is 9.91. The van der Waals surface area contributed by atoms with Crippen LogP contribution in [0.5, 0.6) is 0 Å². The van der Waals surface area contributed by atoms with Crippen LogP contribution in [-0.4, -0.2) is 34.5 Å². The first-order valence-electron chi connectivity index (χ1n) is 9.35. The van der Waals surface area contributed by atoms with Gasteiger partial charge in [0, 0.05) is 37.6 Å². The third kappa shape index (κ3) is 5.21. The molecule has 0 radical (unpaired) electrons. The summed E-state index contributed by atoms with van der Waals surface area (Å²) in [5.74, 6) is -0.285. The average Bonchev–Trinajstić information content (AvgIpc) is 2.65. The standard InChI is InChI=1S/C20H26F2N4/c1-2-23-20-24-11-17(12-25-20)14-26-9-3-4-16(13-26)6-5-15-7-8-18(21)19(22)10-15/h7-8,10-12,16H,2-6,9,13-14H2,1H3,(H,23,24,25)/t16-/m0/s1. The lowest BCUT2D eigenvalue weighted by Gasteiger charge is -2.32. The number of hydrogen-bond acceptors (Lipinski definition) is 4. The van der Waals surface area contributed by atoms with Crippen LogP contribution in [0.25, 0.3) is 0 Å². The summed E-state index contributed by atoms with van der Waals surface area (Å²) >= 11 is 0. The third-order valence-electron chi connectivity index (χ3n) is 4.87. The minimum Gasteiger partial charge on any atom is -0.355 e. The highest BCUT2D eigenvalue weighted by Crippen LogP contribution is 2.23. The van der Waals surface area contributed by atoms with Gasteiger partial charge < -0.3 is 5.32 Å². The average molecular weight is 360 g/mol. The normalized spacial score (nSPS) is 18.0. The van der Waals surface area contributed by atoms with E-state index in [0.29, 0.717) is 11.9 Å². The van der Waals surface area contributed by atoms with E-state index in [1.807, 2.05) is 19.3 Å². The number of anilines is 1. The fraction of sp³-hybridized carbons (Fsp3) is 0.500. The molecule has 2 aromatic rings. The fourth-order valence-electron chi connectivity index (χ4n) is 3.54. The molecule has 140 valence electrons. The largest absolute Gasteiger partial charge is 0.355 e. The van der Waals surface area contributed by atoms with Gasteiger partial charge >= 0.3 is 0 Å². The maximum atomic E-state index is 13.3. The quantitative estimate of drug-likeness (QED) is 0.809. The highest BCUT2D eigenvalue weighted by atomic mass is 19.2. The van der Waals surface area contributed by atoms with E-state index in [9.17, 15) is 8.78 Å². The number of benzene rings is 1. The Morgan fingerprint density at radius 1 is 1.15 bits per heavy atom. The molecule has 1 aliphatic heterocycles. The van der Waals surface area contributed by atoms with Crippen LogP contribution < -0.4 is 5.32 Å². The van der Waals surface area contributed by atoms with Crippen molar-refractivity contribution < 1.29 is 8.78 Å². The molecule has 1 aliphatic rings. The molecule has 0 bridgehead atoms. The van der Waals surface area contributed by atoms with Gasteiger partial charge in [-0.25, -0.2) is 18.7 Å². The predicted octanol–water partition coefficient (Wildman–Crippen LogP) is 4.03. The van der Waals surface area contributed by atoms with Crippen LogP contribution in [0.15, 0.2) is 30.6 Å². The summed E-state index contributed by atoms with van der Waals surface area (Å²) in [5.41, 5.74) is 1.99. The number of nitrogens with one attached hydrogen (secondary N) is 1. The van der Waals surface area contributed by atoms with Crippen molar-refractivity contribution in [3.63, 3.8) is 0 Å². The van der Waals surface area contributed by atoms with Crippen LogP contribution in [0.4, 0.5) is 14.7 Å². The molecule has 0 spiro atoms. The summed E-state index contributed by atoms with van der Waals surface area (Å²) in [5, 5.41) is 3.10. The number of rotatable bonds is 7. The number of nitrogens with zero attached hydrogens (tertiary/aromatic N) is 3. The van der Waals surface area contributed by atoms with E-state index in [0.717, 1.165) is 50.1 Å². The van der Waals surface area contributed by atoms with Crippen LogP contribution in [0, 0.1) is 17.6 Å². The number of hydrogen-bond donors (Lipinski definition) is 1. The zero-order valence-electron chi connectivity index (χ0n) is 15.2. The number of aromatic nitrogens is 2. The van der Waals surface area contributed by atoms with E-state index >= 15 is 0 Å². The first-order valence-corrected chi connectivity index (χ1v) is 9.35. The van der Waals surface area contributed by atoms with Gasteiger partial charge in [0.15, 0.2) is 11.6 Å². The molecule has 2 heterocycles. The Balaban J connectivity index is 1.49. The Morgan fingerprint density at radius 2 is 1.96 bits per heavy atom. The molecule has 6 heteroatoms. The van der Waals surface area contributed by atoms with E-state index in [2.05, 4.69) is 20.2 Å². The molecule has 1 fully saturated rings. The maximum Gasteiger partial charge on any atom is 0.222 e. The summed E-state index contributed by atoms with van der Waals surface area (Å²) in [6.45, 7) is 5.79. The van der Waals surface area contributed by atoms with E-state index < -0.39 is 11.6 Å². The first-order chi connectivity index (χ1) is 12.6. The SMILES string of the molecule is CCNc1ncc(CN2CCC[C@@H](CCc3ccc(F)c(F)c3)C2)cn1. The summed E-state index contributed by atoms with van der Waals surface area (Å²) in [6.07, 6.45) is 7.91. The third-order valence-corrected chi connectivity index (χ3v) is 4.87. The molecule has 1 saturated heterocycles. The van der Waals surface area contributed by atoms with Gasteiger partial charge in [-0.1, -0.05) is 6.07 Å². The molecule has 0 amide bonds. The molecule has 1 N–H and O–H groups in total. The van der Waals surface area contributed by atoms with Crippen LogP contribution >= 0.6 is 0 Å². The van der Waals surface area contributed by atoms with E-state index in [1.165, 1.54) is 25.0 Å². The van der Waals surface area contributed by atoms with Crippen LogP contribution in [-0.2, 0) is 13.0 Å². The zero-order chi connectivity index (χ0) is 18.4. The summed E-state index contributed by atoms with van der Waals surface area (Å²) in [6, 6.07) is 4.22. The molecule has 1 aromatic carbocycles. The first kappa shape index (κ1) is 18.7. The molecule has 1 aromatic heterocycles. The van der Waals surface area contributed by atoms with Crippen molar-refractivity contribution in [2.75, 3.05) is 25.0 Å². The monoisotopic (exact) mass is 360 g/mol. The number of halogens is 2. The molecule has 1 atom stereocenters. The Hall–Kier alpha value is -2.08. The lowest BCUT2D eigenvalue weighted by molar-refractivity contribution is 0.161. The molecule has 0 aliphatic carbocycles. The number of piperidine rings is 1. The van der Waals surface area contributed by atoms with Crippen LogP contribution in [0.2, 0.25) is 0 Å². The topological polar surface area (TPSA) is 41.1 Å². The zero-order valence-corrected chi connectivity index (χ0v) is 15.2. The van der Waals surface area contributed by atoms with Gasteiger partial charge in [0.25, 0.3) is 0 Å². The van der Waals surface area contributed by atoms with E-state index in [4.69, 9.17) is 0 Å². The molecule has 26 heavy (non-hydrogen) atoms. The van der Waals surface area contributed by atoms with Crippen molar-refractivity contribution in [2.24, 2.45) is 5.92 Å². The second kappa shape index (κ2) is 9.03. The van der Waals surface area contributed by atoms with Gasteiger partial charge in [0.05, 0.1) is 0 Å². The van der Waals surface area contributed by atoms with Crippen molar-refractivity contribution in [1.29, 1.82) is 0 Å². The van der Waals surface area contributed by atoms with Gasteiger partial charge in [0.1, 0.15) is 0 Å². The predicted molar refractivity (Wildman–Crippen MR) is 98.9 cm³/mol. The number of aryl methyl sites for hydroxylation is 1. The molecular formula is C20H26F2N4. The van der Waals surface area contributed by atoms with E-state index in [1.54, 1.807) is 6.07 Å². The molecule has 3 rings (SSSR count). The maximum absolute atomic E-state index is 13.3. The highest BCUT2D eigenvalue weighted by Gasteiger charge is 2.20. The fourth-order valence-corrected chi connectivity index (χ4v) is 3.54. The van der Waals surface area contributed by atoms with Gasteiger partial charge in [0.2, 0.25) is 5.95 Å². The second-order valence-corrected chi connectivity index (χ2v) is 6.98. The summed E-state index contributed by atoms with van der Waals surface area (Å²) in [4.78, 5) is 11.1. The lowest BCUT2D eigenvalue weighted by Crippen LogP contribution is -2.35. The van der Waals surface area contributed by atoms with Gasteiger partial charge in [-0.2, -0.15) is 0 Å². The van der Waals surface area contributed by atoms with Gasteiger partial charge in [-0.3, -0.25) is 4.90 Å². The Labute approximate surface area is 153 Å². The van der Waals surface area contributed by atoms with Crippen molar-refractivity contribution in [3.05, 3.63) is 53.4 Å². The van der Waals surface area contributed by atoms with Crippen LogP contribution in [0.3, 0.4) is 0 Å². The summed E-state index contributed by atoms with van der Waals surface area (Å²) in [7, 11) is 0. The van der Waals surface area contributed by atoms with E-state index in [-0.39, 0.29) is 0 Å². The molecule has 4 nitrogen and oxygen atoms in total. The Bertz CT molecular complexity index is 705. The summed E-state index contributed by atoms with van der Waals surface area (Å²) < 4.78 is 26.4. The Kier molecular flexibility index (Phi) is 6.50. The van der Waals surface area contributed by atoms with Crippen molar-refractivity contribution in [2.45, 2.75) is 39.2 Å². The van der Waals surface area contributed by atoms with Crippen molar-refractivity contribution in [1.82, 2.24) is 14.9 Å². The Morgan fingerprint density at radius 3 is 2.69 bits per heavy atom. The molecular weight excluding hydrogens is 334 g/mol. The minimum atomic E-state index is -0.778. The van der Waals surface area contributed by atoms with Crippen LogP contribution in [0.1, 0.15) is 37.3 Å². The molecule has 0 saturated carbocycles.